The molecule has 1 aliphatic rings. The Morgan fingerprint density at radius 2 is 2.04 bits per heavy atom. The molecule has 128 valence electrons. The van der Waals surface area contributed by atoms with E-state index in [1.807, 2.05) is 11.8 Å². The highest BCUT2D eigenvalue weighted by Crippen LogP contribution is 2.29. The highest BCUT2D eigenvalue weighted by atomic mass is 16.5. The van der Waals surface area contributed by atoms with Crippen molar-refractivity contribution in [2.75, 3.05) is 45.8 Å². The van der Waals surface area contributed by atoms with Crippen LogP contribution in [0.1, 0.15) is 19.8 Å². The van der Waals surface area contributed by atoms with Crippen LogP contribution in [0, 0.1) is 5.92 Å². The number of methoxy groups -OCH3 is 2. The molecule has 2 amide bonds. The molecule has 23 heavy (non-hydrogen) atoms. The number of carbonyl (C=O) groups excluding carboxylic acids is 1. The van der Waals surface area contributed by atoms with Crippen LogP contribution in [0.25, 0.3) is 0 Å². The van der Waals surface area contributed by atoms with E-state index in [1.165, 1.54) is 0 Å². The lowest BCUT2D eigenvalue weighted by Crippen LogP contribution is -2.39. The predicted octanol–water partition coefficient (Wildman–Crippen LogP) is 2.98. The highest BCUT2D eigenvalue weighted by molar-refractivity contribution is 5.91. The average molecular weight is 322 g/mol. The summed E-state index contributed by atoms with van der Waals surface area (Å²) < 4.78 is 15.9. The summed E-state index contributed by atoms with van der Waals surface area (Å²) >= 11 is 0. The molecule has 2 rings (SSSR count). The van der Waals surface area contributed by atoms with Gasteiger partial charge >= 0.3 is 6.03 Å². The van der Waals surface area contributed by atoms with E-state index in [4.69, 9.17) is 14.2 Å². The molecular formula is C17H26N2O4. The molecule has 0 bridgehead atoms. The first-order chi connectivity index (χ1) is 11.2. The molecule has 0 aliphatic carbocycles. The van der Waals surface area contributed by atoms with Gasteiger partial charge in [-0.3, -0.25) is 0 Å². The minimum atomic E-state index is -0.120. The van der Waals surface area contributed by atoms with Crippen LogP contribution in [0.15, 0.2) is 18.2 Å². The van der Waals surface area contributed by atoms with Crippen molar-refractivity contribution >= 4 is 11.7 Å². The highest BCUT2D eigenvalue weighted by Gasteiger charge is 2.21. The summed E-state index contributed by atoms with van der Waals surface area (Å²) in [5.74, 6) is 1.79. The third-order valence-corrected chi connectivity index (χ3v) is 4.14. The number of anilines is 1. The molecule has 6 heteroatoms. The molecule has 1 saturated heterocycles. The maximum atomic E-state index is 12.6. The molecule has 0 spiro atoms. The zero-order valence-electron chi connectivity index (χ0n) is 14.1. The Hall–Kier alpha value is -1.95. The normalized spacial score (nSPS) is 15.1. The largest absolute Gasteiger partial charge is 0.497 e. The van der Waals surface area contributed by atoms with Gasteiger partial charge in [-0.25, -0.2) is 4.79 Å². The zero-order chi connectivity index (χ0) is 16.7. The minimum Gasteiger partial charge on any atom is -0.497 e. The fraction of sp³-hybridized carbons (Fsp3) is 0.588. The van der Waals surface area contributed by atoms with Crippen molar-refractivity contribution < 1.29 is 19.0 Å². The number of carbonyl (C=O) groups is 1. The van der Waals surface area contributed by atoms with Gasteiger partial charge in [-0.15, -0.1) is 0 Å². The van der Waals surface area contributed by atoms with Crippen LogP contribution in [0.3, 0.4) is 0 Å². The molecule has 1 heterocycles. The zero-order valence-corrected chi connectivity index (χ0v) is 14.1. The van der Waals surface area contributed by atoms with E-state index in [0.29, 0.717) is 29.6 Å². The van der Waals surface area contributed by atoms with Crippen molar-refractivity contribution in [1.82, 2.24) is 4.90 Å². The van der Waals surface area contributed by atoms with Crippen LogP contribution in [-0.4, -0.2) is 51.5 Å². The van der Waals surface area contributed by atoms with Crippen LogP contribution in [0.2, 0.25) is 0 Å². The van der Waals surface area contributed by atoms with Gasteiger partial charge in [0.25, 0.3) is 0 Å². The molecule has 0 saturated carbocycles. The summed E-state index contributed by atoms with van der Waals surface area (Å²) in [6.07, 6.45) is 2.01. The summed E-state index contributed by atoms with van der Waals surface area (Å²) in [6, 6.07) is 5.22. The van der Waals surface area contributed by atoms with Crippen LogP contribution in [-0.2, 0) is 4.74 Å². The fourth-order valence-electron chi connectivity index (χ4n) is 2.70. The number of ether oxygens (including phenoxy) is 3. The van der Waals surface area contributed by atoms with Crippen molar-refractivity contribution in [2.24, 2.45) is 5.92 Å². The smallest absolute Gasteiger partial charge is 0.321 e. The van der Waals surface area contributed by atoms with E-state index >= 15 is 0 Å². The van der Waals surface area contributed by atoms with Crippen LogP contribution in [0.4, 0.5) is 10.5 Å². The monoisotopic (exact) mass is 322 g/mol. The van der Waals surface area contributed by atoms with Crippen molar-refractivity contribution in [3.63, 3.8) is 0 Å². The third-order valence-electron chi connectivity index (χ3n) is 4.14. The van der Waals surface area contributed by atoms with E-state index in [0.717, 1.165) is 32.6 Å². The summed E-state index contributed by atoms with van der Waals surface area (Å²) in [7, 11) is 3.17. The molecule has 1 aromatic carbocycles. The Morgan fingerprint density at radius 3 is 2.65 bits per heavy atom. The first kappa shape index (κ1) is 17.4. The first-order valence-electron chi connectivity index (χ1n) is 8.03. The lowest BCUT2D eigenvalue weighted by molar-refractivity contribution is 0.0576. The fourth-order valence-corrected chi connectivity index (χ4v) is 2.70. The van der Waals surface area contributed by atoms with Gasteiger partial charge in [0.1, 0.15) is 11.5 Å². The average Bonchev–Trinajstić information content (AvgIpc) is 2.60. The summed E-state index contributed by atoms with van der Waals surface area (Å²) in [5, 5.41) is 2.93. The van der Waals surface area contributed by atoms with Gasteiger partial charge in [-0.2, -0.15) is 0 Å². The molecule has 0 unspecified atom stereocenters. The molecular weight excluding hydrogens is 296 g/mol. The second-order valence-electron chi connectivity index (χ2n) is 5.59. The molecule has 0 atom stereocenters. The molecule has 1 fully saturated rings. The number of nitrogens with zero attached hydrogens (tertiary/aromatic N) is 1. The number of hydrogen-bond donors (Lipinski definition) is 1. The minimum absolute atomic E-state index is 0.120. The van der Waals surface area contributed by atoms with Crippen LogP contribution in [0.5, 0.6) is 11.5 Å². The number of hydrogen-bond acceptors (Lipinski definition) is 4. The van der Waals surface area contributed by atoms with Gasteiger partial charge in [0.05, 0.1) is 19.9 Å². The molecule has 6 nitrogen and oxygen atoms in total. The summed E-state index contributed by atoms with van der Waals surface area (Å²) in [5.41, 5.74) is 0.613. The van der Waals surface area contributed by atoms with E-state index < -0.39 is 0 Å². The summed E-state index contributed by atoms with van der Waals surface area (Å²) in [6.45, 7) is 4.97. The molecule has 0 radical (unpaired) electrons. The van der Waals surface area contributed by atoms with Gasteiger partial charge in [0, 0.05) is 32.4 Å². The molecule has 0 aromatic heterocycles. The standard InChI is InChI=1S/C17H26N2O4/c1-4-19(12-13-7-9-23-10-8-13)17(20)18-15-11-14(21-2)5-6-16(15)22-3/h5-6,11,13H,4,7-10,12H2,1-3H3,(H,18,20). The van der Waals surface area contributed by atoms with Gasteiger partial charge in [-0.05, 0) is 37.8 Å². The number of amides is 2. The third kappa shape index (κ3) is 4.76. The topological polar surface area (TPSA) is 60.0 Å². The van der Waals surface area contributed by atoms with Gasteiger partial charge < -0.3 is 24.4 Å². The van der Waals surface area contributed by atoms with Crippen molar-refractivity contribution in [3.8, 4) is 11.5 Å². The number of benzene rings is 1. The molecule has 1 aromatic rings. The Balaban J connectivity index is 2.03. The Kier molecular flexibility index (Phi) is 6.52. The first-order valence-corrected chi connectivity index (χ1v) is 8.03. The molecule has 1 N–H and O–H groups in total. The SMILES string of the molecule is CCN(CC1CCOCC1)C(=O)Nc1cc(OC)ccc1OC. The van der Waals surface area contributed by atoms with E-state index in [1.54, 1.807) is 32.4 Å². The number of rotatable bonds is 6. The number of nitrogens with one attached hydrogen (secondary N) is 1. The predicted molar refractivity (Wildman–Crippen MR) is 89.4 cm³/mol. The second kappa shape index (κ2) is 8.62. The maximum absolute atomic E-state index is 12.6. The Bertz CT molecular complexity index is 515. The van der Waals surface area contributed by atoms with E-state index in [2.05, 4.69) is 5.32 Å². The van der Waals surface area contributed by atoms with E-state index in [9.17, 15) is 4.79 Å². The van der Waals surface area contributed by atoms with Crippen LogP contribution >= 0.6 is 0 Å². The van der Waals surface area contributed by atoms with Gasteiger partial charge in [-0.1, -0.05) is 0 Å². The quantitative estimate of drug-likeness (QED) is 0.875. The lowest BCUT2D eigenvalue weighted by Gasteiger charge is -2.29. The van der Waals surface area contributed by atoms with Crippen LogP contribution < -0.4 is 14.8 Å². The van der Waals surface area contributed by atoms with Gasteiger partial charge in [0.15, 0.2) is 0 Å². The van der Waals surface area contributed by atoms with Crippen molar-refractivity contribution in [1.29, 1.82) is 0 Å². The van der Waals surface area contributed by atoms with Crippen molar-refractivity contribution in [3.05, 3.63) is 18.2 Å². The maximum Gasteiger partial charge on any atom is 0.321 e. The lowest BCUT2D eigenvalue weighted by atomic mass is 10.00. The van der Waals surface area contributed by atoms with E-state index in [-0.39, 0.29) is 6.03 Å². The van der Waals surface area contributed by atoms with Crippen molar-refractivity contribution in [2.45, 2.75) is 19.8 Å². The molecule has 1 aliphatic heterocycles. The second-order valence-corrected chi connectivity index (χ2v) is 5.59. The van der Waals surface area contributed by atoms with Gasteiger partial charge in [0.2, 0.25) is 0 Å². The Morgan fingerprint density at radius 1 is 1.30 bits per heavy atom. The number of urea groups is 1. The summed E-state index contributed by atoms with van der Waals surface area (Å²) in [4.78, 5) is 14.4. The Labute approximate surface area is 137 Å².